The third-order valence-corrected chi connectivity index (χ3v) is 2.65. The van der Waals surface area contributed by atoms with Gasteiger partial charge in [0.25, 0.3) is 0 Å². The fourth-order valence-corrected chi connectivity index (χ4v) is 1.81. The van der Waals surface area contributed by atoms with Crippen molar-refractivity contribution in [1.29, 1.82) is 0 Å². The largest absolute Gasteiger partial charge is 0.481 e. The molecule has 17 heavy (non-hydrogen) atoms. The number of ether oxygens (including phenoxy) is 1. The van der Waals surface area contributed by atoms with Gasteiger partial charge in [0.15, 0.2) is 0 Å². The maximum absolute atomic E-state index is 5.58. The van der Waals surface area contributed by atoms with Crippen molar-refractivity contribution in [1.82, 2.24) is 9.55 Å². The van der Waals surface area contributed by atoms with Gasteiger partial charge in [-0.3, -0.25) is 0 Å². The van der Waals surface area contributed by atoms with Crippen molar-refractivity contribution >= 4 is 0 Å². The van der Waals surface area contributed by atoms with Gasteiger partial charge in [0.2, 0.25) is 5.88 Å². The van der Waals surface area contributed by atoms with Crippen LogP contribution in [0.15, 0.2) is 36.5 Å². The zero-order valence-corrected chi connectivity index (χ0v) is 9.97. The Kier molecular flexibility index (Phi) is 3.77. The number of hydrogen-bond acceptors (Lipinski definition) is 3. The van der Waals surface area contributed by atoms with Gasteiger partial charge in [0, 0.05) is 18.0 Å². The molecule has 0 atom stereocenters. The molecule has 0 aliphatic rings. The molecule has 0 bridgehead atoms. The third kappa shape index (κ3) is 2.85. The number of aromatic nitrogens is 2. The fraction of sp³-hybridized carbons (Fsp3) is 0.308. The molecule has 4 nitrogen and oxygen atoms in total. The van der Waals surface area contributed by atoms with Crippen LogP contribution in [0.1, 0.15) is 11.4 Å². The summed E-state index contributed by atoms with van der Waals surface area (Å²) in [4.78, 5) is 4.39. The first-order valence-electron chi connectivity index (χ1n) is 5.67. The average Bonchev–Trinajstić information content (AvgIpc) is 2.78. The van der Waals surface area contributed by atoms with Gasteiger partial charge in [-0.25, -0.2) is 4.98 Å². The molecule has 2 aromatic heterocycles. The van der Waals surface area contributed by atoms with Gasteiger partial charge in [-0.2, -0.15) is 0 Å². The summed E-state index contributed by atoms with van der Waals surface area (Å²) < 4.78 is 7.27. The molecule has 0 aliphatic carbocycles. The molecule has 0 radical (unpaired) electrons. The van der Waals surface area contributed by atoms with Crippen molar-refractivity contribution < 1.29 is 4.74 Å². The second-order valence-corrected chi connectivity index (χ2v) is 3.84. The zero-order valence-electron chi connectivity index (χ0n) is 9.97. The number of nitrogens with zero attached hydrogens (tertiary/aromatic N) is 2. The molecule has 0 aliphatic heterocycles. The predicted molar refractivity (Wildman–Crippen MR) is 67.1 cm³/mol. The molecule has 2 N–H and O–H groups in total. The van der Waals surface area contributed by atoms with E-state index in [2.05, 4.69) is 15.6 Å². The molecule has 2 aromatic rings. The summed E-state index contributed by atoms with van der Waals surface area (Å²) in [7, 11) is 1.63. The predicted octanol–water partition coefficient (Wildman–Crippen LogP) is 1.44. The summed E-state index contributed by atoms with van der Waals surface area (Å²) in [5, 5.41) is 0. The van der Waals surface area contributed by atoms with E-state index in [1.165, 1.54) is 5.69 Å². The summed E-state index contributed by atoms with van der Waals surface area (Å²) >= 11 is 0. The molecule has 4 heteroatoms. The lowest BCUT2D eigenvalue weighted by Gasteiger charge is -2.08. The van der Waals surface area contributed by atoms with Crippen molar-refractivity contribution in [2.75, 3.05) is 13.7 Å². The van der Waals surface area contributed by atoms with E-state index in [4.69, 9.17) is 10.5 Å². The molecule has 90 valence electrons. The Hall–Kier alpha value is -1.81. The first-order chi connectivity index (χ1) is 8.33. The first-order valence-corrected chi connectivity index (χ1v) is 5.67. The number of pyridine rings is 1. The standard InChI is InChI=1S/C13H17N3O/c1-17-13-6-2-4-11(15-13)10-16-9-3-5-12(16)7-8-14/h2-6,9H,7-8,10,14H2,1H3. The highest BCUT2D eigenvalue weighted by Gasteiger charge is 2.03. The molecule has 0 aromatic carbocycles. The molecule has 2 heterocycles. The van der Waals surface area contributed by atoms with Crippen LogP contribution < -0.4 is 10.5 Å². The zero-order chi connectivity index (χ0) is 12.1. The van der Waals surface area contributed by atoms with Crippen LogP contribution in [0.4, 0.5) is 0 Å². The highest BCUT2D eigenvalue weighted by Crippen LogP contribution is 2.10. The van der Waals surface area contributed by atoms with Crippen LogP contribution >= 0.6 is 0 Å². The maximum atomic E-state index is 5.58. The molecule has 0 spiro atoms. The second-order valence-electron chi connectivity index (χ2n) is 3.84. The fourth-order valence-electron chi connectivity index (χ4n) is 1.81. The Bertz CT molecular complexity index is 479. The molecule has 0 saturated carbocycles. The lowest BCUT2D eigenvalue weighted by atomic mass is 10.3. The van der Waals surface area contributed by atoms with Gasteiger partial charge in [0.1, 0.15) is 0 Å². The summed E-state index contributed by atoms with van der Waals surface area (Å²) in [6.07, 6.45) is 2.93. The summed E-state index contributed by atoms with van der Waals surface area (Å²) in [5.41, 5.74) is 7.80. The number of nitrogens with two attached hydrogens (primary N) is 1. The van der Waals surface area contributed by atoms with Crippen LogP contribution in [-0.2, 0) is 13.0 Å². The highest BCUT2D eigenvalue weighted by molar-refractivity contribution is 5.17. The molecule has 0 fully saturated rings. The van der Waals surface area contributed by atoms with E-state index in [0.29, 0.717) is 12.4 Å². The smallest absolute Gasteiger partial charge is 0.213 e. The minimum absolute atomic E-state index is 0.648. The minimum atomic E-state index is 0.648. The molecular weight excluding hydrogens is 214 g/mol. The van der Waals surface area contributed by atoms with Crippen LogP contribution in [0, 0.1) is 0 Å². The van der Waals surface area contributed by atoms with Crippen LogP contribution in [0.2, 0.25) is 0 Å². The van der Waals surface area contributed by atoms with Crippen molar-refractivity contribution in [3.05, 3.63) is 47.9 Å². The van der Waals surface area contributed by atoms with E-state index in [0.717, 1.165) is 18.7 Å². The third-order valence-electron chi connectivity index (χ3n) is 2.65. The highest BCUT2D eigenvalue weighted by atomic mass is 16.5. The molecule has 0 saturated heterocycles. The van der Waals surface area contributed by atoms with Crippen molar-refractivity contribution in [3.63, 3.8) is 0 Å². The van der Waals surface area contributed by atoms with Gasteiger partial charge in [0.05, 0.1) is 19.3 Å². The van der Waals surface area contributed by atoms with E-state index in [9.17, 15) is 0 Å². The van der Waals surface area contributed by atoms with Crippen molar-refractivity contribution in [3.8, 4) is 5.88 Å². The van der Waals surface area contributed by atoms with Gasteiger partial charge in [-0.05, 0) is 31.2 Å². The molecular formula is C13H17N3O. The second kappa shape index (κ2) is 5.50. The van der Waals surface area contributed by atoms with Gasteiger partial charge in [-0.1, -0.05) is 6.07 Å². The summed E-state index contributed by atoms with van der Waals surface area (Å²) in [6, 6.07) is 9.92. The summed E-state index contributed by atoms with van der Waals surface area (Å²) in [5.74, 6) is 0.648. The van der Waals surface area contributed by atoms with E-state index >= 15 is 0 Å². The van der Waals surface area contributed by atoms with Crippen LogP contribution in [0.5, 0.6) is 5.88 Å². The summed E-state index contributed by atoms with van der Waals surface area (Å²) in [6.45, 7) is 1.41. The Morgan fingerprint density at radius 3 is 2.94 bits per heavy atom. The Balaban J connectivity index is 2.16. The minimum Gasteiger partial charge on any atom is -0.481 e. The maximum Gasteiger partial charge on any atom is 0.213 e. The van der Waals surface area contributed by atoms with Crippen molar-refractivity contribution in [2.24, 2.45) is 5.73 Å². The van der Waals surface area contributed by atoms with E-state index in [-0.39, 0.29) is 0 Å². The van der Waals surface area contributed by atoms with E-state index < -0.39 is 0 Å². The Labute approximate surface area is 101 Å². The van der Waals surface area contributed by atoms with Crippen molar-refractivity contribution in [2.45, 2.75) is 13.0 Å². The van der Waals surface area contributed by atoms with E-state index in [1.807, 2.05) is 30.5 Å². The van der Waals surface area contributed by atoms with Crippen LogP contribution in [0.3, 0.4) is 0 Å². The number of methoxy groups -OCH3 is 1. The monoisotopic (exact) mass is 231 g/mol. The number of rotatable bonds is 5. The lowest BCUT2D eigenvalue weighted by Crippen LogP contribution is -2.10. The normalized spacial score (nSPS) is 10.5. The van der Waals surface area contributed by atoms with Gasteiger partial charge in [-0.15, -0.1) is 0 Å². The Morgan fingerprint density at radius 1 is 1.29 bits per heavy atom. The lowest BCUT2D eigenvalue weighted by molar-refractivity contribution is 0.396. The number of hydrogen-bond donors (Lipinski definition) is 1. The van der Waals surface area contributed by atoms with Crippen LogP contribution in [0.25, 0.3) is 0 Å². The van der Waals surface area contributed by atoms with Gasteiger partial charge < -0.3 is 15.0 Å². The van der Waals surface area contributed by atoms with Crippen LogP contribution in [-0.4, -0.2) is 23.2 Å². The first kappa shape index (κ1) is 11.7. The Morgan fingerprint density at radius 2 is 2.18 bits per heavy atom. The van der Waals surface area contributed by atoms with Gasteiger partial charge >= 0.3 is 0 Å². The van der Waals surface area contributed by atoms with E-state index in [1.54, 1.807) is 7.11 Å². The molecule has 0 unspecified atom stereocenters. The quantitative estimate of drug-likeness (QED) is 0.847. The SMILES string of the molecule is COc1cccc(Cn2cccc2CCN)n1. The molecule has 2 rings (SSSR count). The molecule has 0 amide bonds. The average molecular weight is 231 g/mol. The topological polar surface area (TPSA) is 53.1 Å².